The van der Waals surface area contributed by atoms with Gasteiger partial charge in [-0.1, -0.05) is 27.2 Å². The van der Waals surface area contributed by atoms with E-state index >= 15 is 0 Å². The quantitative estimate of drug-likeness (QED) is 0.532. The lowest BCUT2D eigenvalue weighted by Crippen LogP contribution is -2.27. The van der Waals surface area contributed by atoms with E-state index < -0.39 is 0 Å². The van der Waals surface area contributed by atoms with Gasteiger partial charge in [0.1, 0.15) is 0 Å². The van der Waals surface area contributed by atoms with Gasteiger partial charge < -0.3 is 0 Å². The minimum atomic E-state index is 0.443. The Hall–Kier alpha value is 0.290. The SMILES string of the molecule is CC(C)[C@@H]1CC[C@@H](C)C[C@@H]1Cl. The van der Waals surface area contributed by atoms with Crippen molar-refractivity contribution in [2.24, 2.45) is 17.8 Å². The van der Waals surface area contributed by atoms with Crippen LogP contribution in [0.15, 0.2) is 0 Å². The molecule has 0 bridgehead atoms. The normalized spacial score (nSPS) is 39.5. The average molecular weight is 175 g/mol. The van der Waals surface area contributed by atoms with Crippen LogP contribution in [0, 0.1) is 17.8 Å². The van der Waals surface area contributed by atoms with Gasteiger partial charge in [-0.25, -0.2) is 0 Å². The maximum absolute atomic E-state index is 6.27. The Morgan fingerprint density at radius 3 is 2.36 bits per heavy atom. The molecule has 0 N–H and O–H groups in total. The highest BCUT2D eigenvalue weighted by atomic mass is 35.5. The van der Waals surface area contributed by atoms with E-state index in [9.17, 15) is 0 Å². The van der Waals surface area contributed by atoms with E-state index in [1.807, 2.05) is 0 Å². The van der Waals surface area contributed by atoms with Crippen molar-refractivity contribution in [1.82, 2.24) is 0 Å². The summed E-state index contributed by atoms with van der Waals surface area (Å²) in [6.45, 7) is 6.89. The van der Waals surface area contributed by atoms with Crippen LogP contribution >= 0.6 is 11.6 Å². The van der Waals surface area contributed by atoms with Crippen LogP contribution in [-0.4, -0.2) is 5.38 Å². The highest BCUT2D eigenvalue weighted by molar-refractivity contribution is 6.20. The zero-order valence-electron chi connectivity index (χ0n) is 7.81. The van der Waals surface area contributed by atoms with Gasteiger partial charge in [0.05, 0.1) is 0 Å². The van der Waals surface area contributed by atoms with Gasteiger partial charge in [-0.3, -0.25) is 0 Å². The van der Waals surface area contributed by atoms with Crippen LogP contribution in [0.1, 0.15) is 40.0 Å². The fraction of sp³-hybridized carbons (Fsp3) is 1.00. The molecule has 0 nitrogen and oxygen atoms in total. The van der Waals surface area contributed by atoms with E-state index in [4.69, 9.17) is 11.6 Å². The van der Waals surface area contributed by atoms with Gasteiger partial charge in [-0.05, 0) is 30.6 Å². The minimum Gasteiger partial charge on any atom is -0.123 e. The third kappa shape index (κ3) is 2.37. The molecule has 0 aromatic heterocycles. The fourth-order valence-electron chi connectivity index (χ4n) is 2.09. The van der Waals surface area contributed by atoms with Gasteiger partial charge in [-0.15, -0.1) is 11.6 Å². The first-order valence-electron chi connectivity index (χ1n) is 4.75. The molecular weight excluding hydrogens is 156 g/mol. The topological polar surface area (TPSA) is 0 Å². The Balaban J connectivity index is 2.44. The first kappa shape index (κ1) is 9.38. The summed E-state index contributed by atoms with van der Waals surface area (Å²) in [5.74, 6) is 2.39. The van der Waals surface area contributed by atoms with E-state index in [0.29, 0.717) is 5.38 Å². The molecule has 0 saturated heterocycles. The van der Waals surface area contributed by atoms with Crippen molar-refractivity contribution < 1.29 is 0 Å². The predicted molar refractivity (Wildman–Crippen MR) is 51.0 cm³/mol. The van der Waals surface area contributed by atoms with Crippen molar-refractivity contribution >= 4 is 11.6 Å². The number of halogens is 1. The molecule has 3 atom stereocenters. The first-order chi connectivity index (χ1) is 5.11. The van der Waals surface area contributed by atoms with Crippen molar-refractivity contribution in [3.8, 4) is 0 Å². The lowest BCUT2D eigenvalue weighted by atomic mass is 9.77. The van der Waals surface area contributed by atoms with E-state index in [2.05, 4.69) is 20.8 Å². The van der Waals surface area contributed by atoms with Crippen molar-refractivity contribution in [3.63, 3.8) is 0 Å². The standard InChI is InChI=1S/C10H19Cl/c1-7(2)9-5-4-8(3)6-10(9)11/h7-10H,4-6H2,1-3H3/t8-,9+,10+/m1/s1. The Morgan fingerprint density at radius 2 is 1.91 bits per heavy atom. The second-order valence-electron chi connectivity index (χ2n) is 4.34. The maximum Gasteiger partial charge on any atom is 0.0369 e. The number of hydrogen-bond acceptors (Lipinski definition) is 0. The first-order valence-corrected chi connectivity index (χ1v) is 5.19. The fourth-order valence-corrected chi connectivity index (χ4v) is 2.81. The van der Waals surface area contributed by atoms with E-state index in [0.717, 1.165) is 17.8 Å². The summed E-state index contributed by atoms with van der Waals surface area (Å²) in [5.41, 5.74) is 0. The third-order valence-electron chi connectivity index (χ3n) is 2.94. The molecule has 0 aliphatic heterocycles. The van der Waals surface area contributed by atoms with E-state index in [1.165, 1.54) is 19.3 Å². The van der Waals surface area contributed by atoms with E-state index in [-0.39, 0.29) is 0 Å². The highest BCUT2D eigenvalue weighted by Gasteiger charge is 2.28. The molecule has 11 heavy (non-hydrogen) atoms. The van der Waals surface area contributed by atoms with Crippen LogP contribution in [0.5, 0.6) is 0 Å². The summed E-state index contributed by atoms with van der Waals surface area (Å²) in [5, 5.41) is 0.443. The summed E-state index contributed by atoms with van der Waals surface area (Å²) in [7, 11) is 0. The Kier molecular flexibility index (Phi) is 3.24. The van der Waals surface area contributed by atoms with Crippen LogP contribution in [0.2, 0.25) is 0 Å². The van der Waals surface area contributed by atoms with Crippen LogP contribution in [0.3, 0.4) is 0 Å². The van der Waals surface area contributed by atoms with E-state index in [1.54, 1.807) is 0 Å². The summed E-state index contributed by atoms with van der Waals surface area (Å²) in [6.07, 6.45) is 3.95. The molecule has 0 heterocycles. The monoisotopic (exact) mass is 174 g/mol. The third-order valence-corrected chi connectivity index (χ3v) is 3.44. The van der Waals surface area contributed by atoms with Gasteiger partial charge in [0.15, 0.2) is 0 Å². The molecule has 66 valence electrons. The largest absolute Gasteiger partial charge is 0.123 e. The maximum atomic E-state index is 6.27. The lowest BCUT2D eigenvalue weighted by molar-refractivity contribution is 0.240. The molecule has 0 unspecified atom stereocenters. The van der Waals surface area contributed by atoms with Gasteiger partial charge in [-0.2, -0.15) is 0 Å². The zero-order valence-corrected chi connectivity index (χ0v) is 8.56. The Labute approximate surface area is 75.3 Å². The van der Waals surface area contributed by atoms with Crippen molar-refractivity contribution in [1.29, 1.82) is 0 Å². The Morgan fingerprint density at radius 1 is 1.27 bits per heavy atom. The zero-order chi connectivity index (χ0) is 8.43. The van der Waals surface area contributed by atoms with Crippen LogP contribution in [0.4, 0.5) is 0 Å². The molecule has 1 saturated carbocycles. The molecule has 0 aromatic rings. The lowest BCUT2D eigenvalue weighted by Gasteiger charge is -2.33. The summed E-state index contributed by atoms with van der Waals surface area (Å²) in [6, 6.07) is 0. The average Bonchev–Trinajstić information content (AvgIpc) is 1.85. The second kappa shape index (κ2) is 3.80. The molecule has 0 spiro atoms. The minimum absolute atomic E-state index is 0.443. The number of rotatable bonds is 1. The number of hydrogen-bond donors (Lipinski definition) is 0. The molecule has 0 radical (unpaired) electrons. The second-order valence-corrected chi connectivity index (χ2v) is 4.90. The van der Waals surface area contributed by atoms with Gasteiger partial charge in [0, 0.05) is 5.38 Å². The van der Waals surface area contributed by atoms with Gasteiger partial charge in [0.2, 0.25) is 0 Å². The molecule has 0 amide bonds. The smallest absolute Gasteiger partial charge is 0.0369 e. The van der Waals surface area contributed by atoms with Crippen LogP contribution in [-0.2, 0) is 0 Å². The number of alkyl halides is 1. The summed E-state index contributed by atoms with van der Waals surface area (Å²) < 4.78 is 0. The summed E-state index contributed by atoms with van der Waals surface area (Å²) >= 11 is 6.27. The van der Waals surface area contributed by atoms with Crippen LogP contribution < -0.4 is 0 Å². The molecule has 0 aromatic carbocycles. The molecule has 1 aliphatic carbocycles. The molecule has 1 fully saturated rings. The van der Waals surface area contributed by atoms with Crippen molar-refractivity contribution in [2.75, 3.05) is 0 Å². The highest BCUT2D eigenvalue weighted by Crippen LogP contribution is 2.36. The van der Waals surface area contributed by atoms with Crippen molar-refractivity contribution in [2.45, 2.75) is 45.4 Å². The van der Waals surface area contributed by atoms with Gasteiger partial charge >= 0.3 is 0 Å². The molecule has 1 aliphatic rings. The van der Waals surface area contributed by atoms with Crippen LogP contribution in [0.25, 0.3) is 0 Å². The molecule has 1 heteroatoms. The van der Waals surface area contributed by atoms with Gasteiger partial charge in [0.25, 0.3) is 0 Å². The molecule has 1 rings (SSSR count). The summed E-state index contributed by atoms with van der Waals surface area (Å²) in [4.78, 5) is 0. The molecular formula is C10H19Cl. The predicted octanol–water partition coefficient (Wildman–Crippen LogP) is 3.69. The Bertz CT molecular complexity index is 120. The van der Waals surface area contributed by atoms with Crippen molar-refractivity contribution in [3.05, 3.63) is 0 Å².